The van der Waals surface area contributed by atoms with Gasteiger partial charge in [0.1, 0.15) is 0 Å². The Bertz CT molecular complexity index is 1080. The molecule has 0 spiro atoms. The fourth-order valence-corrected chi connectivity index (χ4v) is 4.42. The first-order valence-electron chi connectivity index (χ1n) is 9.72. The maximum absolute atomic E-state index is 6.53. The summed E-state index contributed by atoms with van der Waals surface area (Å²) < 4.78 is 7.35. The molecule has 9 heteroatoms. The van der Waals surface area contributed by atoms with E-state index < -0.39 is 0 Å². The average molecular weight is 433 g/mol. The highest BCUT2D eigenvalue weighted by molar-refractivity contribution is 6.34. The van der Waals surface area contributed by atoms with Crippen LogP contribution in [0.15, 0.2) is 24.5 Å². The van der Waals surface area contributed by atoms with Gasteiger partial charge in [0, 0.05) is 31.8 Å². The number of ether oxygens (including phenoxy) is 1. The lowest BCUT2D eigenvalue weighted by molar-refractivity contribution is 0.121. The van der Waals surface area contributed by atoms with E-state index in [-0.39, 0.29) is 11.6 Å². The van der Waals surface area contributed by atoms with Gasteiger partial charge in [-0.05, 0) is 38.3 Å². The van der Waals surface area contributed by atoms with Crippen molar-refractivity contribution in [1.29, 1.82) is 0 Å². The maximum Gasteiger partial charge on any atom is 0.227 e. The van der Waals surface area contributed by atoms with Gasteiger partial charge >= 0.3 is 0 Å². The van der Waals surface area contributed by atoms with Crippen LogP contribution in [0.4, 0.5) is 17.3 Å². The molecular weight excluding hydrogens is 411 g/mol. The van der Waals surface area contributed by atoms with E-state index in [4.69, 9.17) is 27.9 Å². The molecule has 0 bridgehead atoms. The van der Waals surface area contributed by atoms with E-state index in [1.54, 1.807) is 19.5 Å². The summed E-state index contributed by atoms with van der Waals surface area (Å²) in [5, 5.41) is 9.79. The van der Waals surface area contributed by atoms with Crippen molar-refractivity contribution in [3.63, 3.8) is 0 Å². The minimum absolute atomic E-state index is 0.0305. The summed E-state index contributed by atoms with van der Waals surface area (Å²) in [4.78, 5) is 11.3. The molecule has 1 N–H and O–H groups in total. The Morgan fingerprint density at radius 3 is 2.79 bits per heavy atom. The van der Waals surface area contributed by atoms with Crippen LogP contribution < -0.4 is 10.2 Å². The Labute approximate surface area is 179 Å². The van der Waals surface area contributed by atoms with Crippen molar-refractivity contribution in [3.05, 3.63) is 34.7 Å². The smallest absolute Gasteiger partial charge is 0.227 e. The summed E-state index contributed by atoms with van der Waals surface area (Å²) in [6.45, 7) is 3.89. The molecule has 1 saturated heterocycles. The Kier molecular flexibility index (Phi) is 4.57. The van der Waals surface area contributed by atoms with Crippen LogP contribution in [0.5, 0.6) is 0 Å². The number of rotatable bonds is 5. The molecule has 0 radical (unpaired) electrons. The Balaban J connectivity index is 1.44. The molecule has 0 unspecified atom stereocenters. The average Bonchev–Trinajstić information content (AvgIpc) is 3.12. The van der Waals surface area contributed by atoms with Crippen LogP contribution >= 0.6 is 23.2 Å². The van der Waals surface area contributed by atoms with Crippen molar-refractivity contribution in [2.45, 2.75) is 37.8 Å². The van der Waals surface area contributed by atoms with E-state index in [1.165, 1.54) is 0 Å². The summed E-state index contributed by atoms with van der Waals surface area (Å²) in [6.07, 6.45) is 6.89. The minimum Gasteiger partial charge on any atom is -0.380 e. The molecule has 29 heavy (non-hydrogen) atoms. The molecule has 2 aliphatic rings. The quantitative estimate of drug-likeness (QED) is 0.634. The first-order chi connectivity index (χ1) is 14.0. The van der Waals surface area contributed by atoms with E-state index in [0.29, 0.717) is 21.8 Å². The highest BCUT2D eigenvalue weighted by atomic mass is 35.5. The summed E-state index contributed by atoms with van der Waals surface area (Å²) in [5.74, 6) is 0.476. The van der Waals surface area contributed by atoms with Crippen molar-refractivity contribution in [2.24, 2.45) is 0 Å². The standard InChI is InChI=1S/C20H22Cl2N6O/c1-20(4-5-20)28-18(22)16(10-24-28)26-19-23-9-12-7-14(21)17(8-15(12)25-19)27-6-3-13(11-27)29-2/h7-10,13H,3-6,11H2,1-2H3,(H,23,25,26)/t13-/m0/s1. The third kappa shape index (κ3) is 3.41. The monoisotopic (exact) mass is 432 g/mol. The number of benzene rings is 1. The minimum atomic E-state index is 0.0305. The number of aromatic nitrogens is 4. The summed E-state index contributed by atoms with van der Waals surface area (Å²) in [5.41, 5.74) is 2.52. The summed E-state index contributed by atoms with van der Waals surface area (Å²) in [6, 6.07) is 3.92. The first kappa shape index (κ1) is 18.9. The van der Waals surface area contributed by atoms with E-state index in [2.05, 4.69) is 32.2 Å². The second-order valence-electron chi connectivity index (χ2n) is 8.03. The second-order valence-corrected chi connectivity index (χ2v) is 8.80. The van der Waals surface area contributed by atoms with Crippen molar-refractivity contribution in [3.8, 4) is 0 Å². The van der Waals surface area contributed by atoms with Gasteiger partial charge in [-0.25, -0.2) is 14.6 Å². The van der Waals surface area contributed by atoms with Gasteiger partial charge in [-0.1, -0.05) is 23.2 Å². The number of nitrogens with zero attached hydrogens (tertiary/aromatic N) is 5. The Morgan fingerprint density at radius 2 is 2.07 bits per heavy atom. The molecule has 3 heterocycles. The van der Waals surface area contributed by atoms with Crippen molar-refractivity contribution in [1.82, 2.24) is 19.7 Å². The number of methoxy groups -OCH3 is 1. The third-order valence-corrected chi connectivity index (χ3v) is 6.58. The zero-order valence-electron chi connectivity index (χ0n) is 16.3. The molecule has 2 aromatic heterocycles. The van der Waals surface area contributed by atoms with Gasteiger partial charge in [0.15, 0.2) is 5.15 Å². The van der Waals surface area contributed by atoms with Crippen LogP contribution in [-0.2, 0) is 10.3 Å². The van der Waals surface area contributed by atoms with Crippen LogP contribution in [-0.4, -0.2) is 46.1 Å². The largest absolute Gasteiger partial charge is 0.380 e. The molecule has 0 amide bonds. The highest BCUT2D eigenvalue weighted by Crippen LogP contribution is 2.45. The van der Waals surface area contributed by atoms with Crippen molar-refractivity contribution < 1.29 is 4.74 Å². The fourth-order valence-electron chi connectivity index (χ4n) is 3.79. The van der Waals surface area contributed by atoms with Crippen LogP contribution in [0.2, 0.25) is 10.2 Å². The van der Waals surface area contributed by atoms with Crippen LogP contribution in [0, 0.1) is 0 Å². The topological polar surface area (TPSA) is 68.1 Å². The van der Waals surface area contributed by atoms with E-state index in [9.17, 15) is 0 Å². The lowest BCUT2D eigenvalue weighted by Gasteiger charge is -2.20. The molecule has 1 aliphatic heterocycles. The number of hydrogen-bond acceptors (Lipinski definition) is 6. The van der Waals surface area contributed by atoms with Gasteiger partial charge < -0.3 is 15.0 Å². The molecular formula is C20H22Cl2N6O. The van der Waals surface area contributed by atoms with Gasteiger partial charge in [0.05, 0.1) is 39.8 Å². The van der Waals surface area contributed by atoms with Gasteiger partial charge in [-0.2, -0.15) is 5.10 Å². The highest BCUT2D eigenvalue weighted by Gasteiger charge is 2.42. The van der Waals surface area contributed by atoms with Gasteiger partial charge in [-0.3, -0.25) is 0 Å². The maximum atomic E-state index is 6.53. The number of hydrogen-bond donors (Lipinski definition) is 1. The van der Waals surface area contributed by atoms with Crippen LogP contribution in [0.25, 0.3) is 10.9 Å². The summed E-state index contributed by atoms with van der Waals surface area (Å²) in [7, 11) is 1.75. The van der Waals surface area contributed by atoms with Crippen LogP contribution in [0.3, 0.4) is 0 Å². The van der Waals surface area contributed by atoms with E-state index in [0.717, 1.165) is 48.9 Å². The SMILES string of the molecule is CO[C@H]1CCN(c2cc3nc(Nc4cnn(C5(C)CC5)c4Cl)ncc3cc2Cl)C1. The molecule has 1 atom stereocenters. The normalized spacial score (nSPS) is 20.4. The number of nitrogens with one attached hydrogen (secondary N) is 1. The van der Waals surface area contributed by atoms with Gasteiger partial charge in [-0.15, -0.1) is 0 Å². The number of anilines is 3. The lowest BCUT2D eigenvalue weighted by atomic mass is 10.2. The number of fused-ring (bicyclic) bond motifs is 1. The Hall–Kier alpha value is -2.09. The number of halogens is 2. The lowest BCUT2D eigenvalue weighted by Crippen LogP contribution is -2.22. The van der Waals surface area contributed by atoms with Gasteiger partial charge in [0.2, 0.25) is 5.95 Å². The van der Waals surface area contributed by atoms with E-state index in [1.807, 2.05) is 16.8 Å². The molecule has 2 fully saturated rings. The molecule has 5 rings (SSSR count). The van der Waals surface area contributed by atoms with Crippen molar-refractivity contribution in [2.75, 3.05) is 30.4 Å². The first-order valence-corrected chi connectivity index (χ1v) is 10.5. The third-order valence-electron chi connectivity index (χ3n) is 5.91. The van der Waals surface area contributed by atoms with Gasteiger partial charge in [0.25, 0.3) is 0 Å². The molecule has 3 aromatic rings. The molecule has 1 aromatic carbocycles. The molecule has 152 valence electrons. The predicted octanol–water partition coefficient (Wildman–Crippen LogP) is 4.61. The predicted molar refractivity (Wildman–Crippen MR) is 116 cm³/mol. The fraction of sp³-hybridized carbons (Fsp3) is 0.450. The second kappa shape index (κ2) is 7.00. The van der Waals surface area contributed by atoms with E-state index >= 15 is 0 Å². The van der Waals surface area contributed by atoms with Crippen molar-refractivity contribution >= 4 is 51.4 Å². The summed E-state index contributed by atoms with van der Waals surface area (Å²) >= 11 is 13.1. The zero-order valence-corrected chi connectivity index (χ0v) is 17.8. The zero-order chi connectivity index (χ0) is 20.2. The molecule has 1 aliphatic carbocycles. The molecule has 1 saturated carbocycles. The van der Waals surface area contributed by atoms with Crippen LogP contribution in [0.1, 0.15) is 26.2 Å². The Morgan fingerprint density at radius 1 is 1.24 bits per heavy atom. The molecule has 7 nitrogen and oxygen atoms in total.